The minimum absolute atomic E-state index is 0.514. The molecule has 2 aromatic rings. The minimum Gasteiger partial charge on any atom is -0.467 e. The van der Waals surface area contributed by atoms with Gasteiger partial charge < -0.3 is 4.74 Å². The fourth-order valence-electron chi connectivity index (χ4n) is 2.01. The summed E-state index contributed by atoms with van der Waals surface area (Å²) in [4.78, 5) is 5.54. The lowest BCUT2D eigenvalue weighted by atomic mass is 10.1. The first-order valence-electron chi connectivity index (χ1n) is 6.72. The molecule has 1 fully saturated rings. The third-order valence-electron chi connectivity index (χ3n) is 3.18. The van der Waals surface area contributed by atoms with E-state index < -0.39 is 0 Å². The van der Waals surface area contributed by atoms with E-state index in [2.05, 4.69) is 18.0 Å². The van der Waals surface area contributed by atoms with Crippen molar-refractivity contribution >= 4 is 52.0 Å². The highest BCUT2D eigenvalue weighted by Crippen LogP contribution is 2.33. The first kappa shape index (κ1) is 15.5. The predicted octanol–water partition coefficient (Wildman–Crippen LogP) is 6.09. The van der Waals surface area contributed by atoms with Crippen molar-refractivity contribution in [2.45, 2.75) is 6.92 Å². The predicted molar refractivity (Wildman–Crippen MR) is 96.3 cm³/mol. The fraction of sp³-hybridized carbons (Fsp3) is 0.118. The van der Waals surface area contributed by atoms with Crippen LogP contribution >= 0.6 is 35.0 Å². The topological polar surface area (TPSA) is 21.6 Å². The molecule has 0 unspecified atom stereocenters. The molecule has 1 saturated heterocycles. The van der Waals surface area contributed by atoms with Gasteiger partial charge in [0.15, 0.2) is 0 Å². The molecule has 0 amide bonds. The van der Waals surface area contributed by atoms with E-state index in [1.165, 1.54) is 17.3 Å². The zero-order chi connectivity index (χ0) is 15.5. The number of hydrogen-bond acceptors (Lipinski definition) is 3. The molecular formula is C17H13Cl2NOS. The van der Waals surface area contributed by atoms with Crippen LogP contribution in [-0.4, -0.2) is 11.8 Å². The average molecular weight is 350 g/mol. The van der Waals surface area contributed by atoms with Crippen molar-refractivity contribution < 1.29 is 4.74 Å². The van der Waals surface area contributed by atoms with E-state index in [1.807, 2.05) is 42.5 Å². The second-order valence-corrected chi connectivity index (χ2v) is 6.75. The van der Waals surface area contributed by atoms with Gasteiger partial charge in [-0.25, -0.2) is 4.99 Å². The molecular weight excluding hydrogens is 337 g/mol. The van der Waals surface area contributed by atoms with Crippen LogP contribution in [0.4, 0.5) is 5.69 Å². The van der Waals surface area contributed by atoms with Crippen LogP contribution in [0, 0.1) is 6.92 Å². The molecule has 0 spiro atoms. The lowest BCUT2D eigenvalue weighted by Gasteiger charge is -2.01. The molecule has 1 heterocycles. The molecule has 0 aromatic heterocycles. The molecule has 0 N–H and O–H groups in total. The van der Waals surface area contributed by atoms with Crippen LogP contribution in [-0.2, 0) is 4.74 Å². The lowest BCUT2D eigenvalue weighted by Crippen LogP contribution is -1.89. The Kier molecular flexibility index (Phi) is 4.77. The summed E-state index contributed by atoms with van der Waals surface area (Å²) in [6.07, 6.45) is 2.08. The maximum absolute atomic E-state index is 6.11. The molecule has 3 rings (SSSR count). The number of aryl methyl sites for hydroxylation is 1. The Morgan fingerprint density at radius 3 is 2.82 bits per heavy atom. The number of rotatable bonds is 2. The number of halogens is 2. The van der Waals surface area contributed by atoms with Gasteiger partial charge in [0.25, 0.3) is 5.23 Å². The van der Waals surface area contributed by atoms with Gasteiger partial charge in [0.05, 0.1) is 10.7 Å². The number of ether oxygens (including phenoxy) is 1. The van der Waals surface area contributed by atoms with Crippen LogP contribution in [0.3, 0.4) is 0 Å². The fourth-order valence-corrected chi connectivity index (χ4v) is 3.16. The van der Waals surface area contributed by atoms with Gasteiger partial charge in [-0.1, -0.05) is 41.4 Å². The zero-order valence-electron chi connectivity index (χ0n) is 11.8. The molecule has 0 bridgehead atoms. The van der Waals surface area contributed by atoms with Crippen molar-refractivity contribution in [3.63, 3.8) is 0 Å². The van der Waals surface area contributed by atoms with Crippen LogP contribution in [0.2, 0.25) is 10.0 Å². The average Bonchev–Trinajstić information content (AvgIpc) is 2.93. The van der Waals surface area contributed by atoms with Crippen molar-refractivity contribution in [1.29, 1.82) is 0 Å². The van der Waals surface area contributed by atoms with E-state index in [0.29, 0.717) is 22.5 Å². The highest BCUT2D eigenvalue weighted by molar-refractivity contribution is 8.17. The molecule has 2 aromatic carbocycles. The summed E-state index contributed by atoms with van der Waals surface area (Å²) in [5, 5.41) is 1.95. The van der Waals surface area contributed by atoms with Crippen LogP contribution < -0.4 is 0 Å². The molecule has 0 saturated carbocycles. The number of thioether (sulfide) groups is 1. The Morgan fingerprint density at radius 2 is 2.00 bits per heavy atom. The molecule has 0 atom stereocenters. The van der Waals surface area contributed by atoms with Gasteiger partial charge in [-0.2, -0.15) is 0 Å². The van der Waals surface area contributed by atoms with Gasteiger partial charge >= 0.3 is 0 Å². The van der Waals surface area contributed by atoms with Crippen molar-refractivity contribution in [1.82, 2.24) is 0 Å². The molecule has 112 valence electrons. The number of aliphatic imine (C=N–C) groups is 1. The van der Waals surface area contributed by atoms with Gasteiger partial charge in [0, 0.05) is 9.93 Å². The summed E-state index contributed by atoms with van der Waals surface area (Å²) in [5.41, 5.74) is 2.98. The van der Waals surface area contributed by atoms with Crippen LogP contribution in [0.1, 0.15) is 11.1 Å². The molecule has 1 aliphatic heterocycles. The SMILES string of the molecule is Cc1ccc(Cl)cc1/C=C1/COC(=Nc2ccccc2Cl)S1. The van der Waals surface area contributed by atoms with Crippen molar-refractivity contribution in [2.75, 3.05) is 6.61 Å². The van der Waals surface area contributed by atoms with Crippen LogP contribution in [0.25, 0.3) is 6.08 Å². The maximum Gasteiger partial charge on any atom is 0.256 e. The van der Waals surface area contributed by atoms with Gasteiger partial charge in [-0.15, -0.1) is 0 Å². The summed E-state index contributed by atoms with van der Waals surface area (Å²) in [5.74, 6) is 0. The quantitative estimate of drug-likeness (QED) is 0.653. The Bertz CT molecular complexity index is 771. The Hall–Kier alpha value is -1.42. The smallest absolute Gasteiger partial charge is 0.256 e. The second kappa shape index (κ2) is 6.78. The van der Waals surface area contributed by atoms with Crippen molar-refractivity contribution in [3.8, 4) is 0 Å². The highest BCUT2D eigenvalue weighted by Gasteiger charge is 2.17. The van der Waals surface area contributed by atoms with Crippen LogP contribution in [0.5, 0.6) is 0 Å². The largest absolute Gasteiger partial charge is 0.467 e. The summed E-state index contributed by atoms with van der Waals surface area (Å²) >= 11 is 13.7. The summed E-state index contributed by atoms with van der Waals surface area (Å²) in [7, 11) is 0. The van der Waals surface area contributed by atoms with E-state index in [4.69, 9.17) is 27.9 Å². The Labute approximate surface area is 143 Å². The highest BCUT2D eigenvalue weighted by atomic mass is 35.5. The first-order valence-corrected chi connectivity index (χ1v) is 8.29. The Balaban J connectivity index is 1.81. The van der Waals surface area contributed by atoms with Crippen molar-refractivity contribution in [3.05, 3.63) is 68.5 Å². The number of benzene rings is 2. The molecule has 22 heavy (non-hydrogen) atoms. The third-order valence-corrected chi connectivity index (χ3v) is 4.61. The lowest BCUT2D eigenvalue weighted by molar-refractivity contribution is 0.368. The van der Waals surface area contributed by atoms with E-state index in [9.17, 15) is 0 Å². The van der Waals surface area contributed by atoms with E-state index in [-0.39, 0.29) is 0 Å². The van der Waals surface area contributed by atoms with Gasteiger partial charge in [0.2, 0.25) is 0 Å². The Morgan fingerprint density at radius 1 is 1.18 bits per heavy atom. The maximum atomic E-state index is 6.11. The first-order chi connectivity index (χ1) is 10.6. The van der Waals surface area contributed by atoms with Gasteiger partial charge in [-0.3, -0.25) is 0 Å². The zero-order valence-corrected chi connectivity index (χ0v) is 14.2. The number of nitrogens with zero attached hydrogens (tertiary/aromatic N) is 1. The number of para-hydroxylation sites is 1. The van der Waals surface area contributed by atoms with E-state index in [1.54, 1.807) is 0 Å². The molecule has 1 aliphatic rings. The molecule has 5 heteroatoms. The number of hydrogen-bond donors (Lipinski definition) is 0. The standard InChI is InChI=1S/C17H13Cl2NOS/c1-11-6-7-13(18)8-12(11)9-14-10-21-17(22-14)20-16-5-3-2-4-15(16)19/h2-9H,10H2,1H3/b14-9-,20-17?. The third kappa shape index (κ3) is 3.67. The normalized spacial score (nSPS) is 18.0. The van der Waals surface area contributed by atoms with Gasteiger partial charge in [-0.05, 0) is 60.2 Å². The van der Waals surface area contributed by atoms with Crippen molar-refractivity contribution in [2.24, 2.45) is 4.99 Å². The molecule has 0 radical (unpaired) electrons. The monoisotopic (exact) mass is 349 g/mol. The summed E-state index contributed by atoms with van der Waals surface area (Å²) in [6, 6.07) is 13.3. The van der Waals surface area contributed by atoms with Crippen LogP contribution in [0.15, 0.2) is 52.4 Å². The summed E-state index contributed by atoms with van der Waals surface area (Å²) in [6.45, 7) is 2.57. The summed E-state index contributed by atoms with van der Waals surface area (Å²) < 4.78 is 5.62. The van der Waals surface area contributed by atoms with Gasteiger partial charge in [0.1, 0.15) is 6.61 Å². The molecule has 2 nitrogen and oxygen atoms in total. The molecule has 0 aliphatic carbocycles. The second-order valence-electron chi connectivity index (χ2n) is 4.83. The van der Waals surface area contributed by atoms with E-state index in [0.717, 1.165) is 15.5 Å². The van der Waals surface area contributed by atoms with E-state index >= 15 is 0 Å². The minimum atomic E-state index is 0.514.